The fourth-order valence-corrected chi connectivity index (χ4v) is 2.45. The SMILES string of the molecule is CC(C)(CCC(=O)O)NC(=O)C1Cc2cc(Cl)ccc2O1. The minimum absolute atomic E-state index is 0.00857. The summed E-state index contributed by atoms with van der Waals surface area (Å²) in [6, 6.07) is 5.26. The highest BCUT2D eigenvalue weighted by atomic mass is 35.5. The maximum Gasteiger partial charge on any atom is 0.303 e. The Kier molecular flexibility index (Phi) is 4.42. The van der Waals surface area contributed by atoms with Gasteiger partial charge in [0, 0.05) is 23.4 Å². The summed E-state index contributed by atoms with van der Waals surface area (Å²) in [4.78, 5) is 22.9. The van der Waals surface area contributed by atoms with Crippen molar-refractivity contribution in [1.82, 2.24) is 5.32 Å². The lowest BCUT2D eigenvalue weighted by Gasteiger charge is -2.27. The molecule has 6 heteroatoms. The molecule has 1 unspecified atom stereocenters. The second kappa shape index (κ2) is 5.93. The highest BCUT2D eigenvalue weighted by molar-refractivity contribution is 6.30. The van der Waals surface area contributed by atoms with E-state index in [4.69, 9.17) is 21.4 Å². The van der Waals surface area contributed by atoms with Crippen molar-refractivity contribution in [3.05, 3.63) is 28.8 Å². The van der Waals surface area contributed by atoms with Crippen LogP contribution < -0.4 is 10.1 Å². The zero-order valence-electron chi connectivity index (χ0n) is 12.0. The number of hydrogen-bond acceptors (Lipinski definition) is 3. The minimum Gasteiger partial charge on any atom is -0.481 e. The number of halogens is 1. The third-order valence-electron chi connectivity index (χ3n) is 3.41. The van der Waals surface area contributed by atoms with E-state index in [1.165, 1.54) is 0 Å². The molecule has 0 aromatic heterocycles. The number of benzene rings is 1. The Morgan fingerprint density at radius 1 is 1.48 bits per heavy atom. The molecule has 1 aliphatic heterocycles. The van der Waals surface area contributed by atoms with Crippen LogP contribution in [0.4, 0.5) is 0 Å². The van der Waals surface area contributed by atoms with E-state index in [0.29, 0.717) is 23.6 Å². The van der Waals surface area contributed by atoms with Crippen molar-refractivity contribution in [1.29, 1.82) is 0 Å². The zero-order valence-corrected chi connectivity index (χ0v) is 12.7. The number of carboxylic acids is 1. The van der Waals surface area contributed by atoms with Crippen molar-refractivity contribution in [2.24, 2.45) is 0 Å². The molecule has 114 valence electrons. The quantitative estimate of drug-likeness (QED) is 0.875. The van der Waals surface area contributed by atoms with E-state index >= 15 is 0 Å². The summed E-state index contributed by atoms with van der Waals surface area (Å²) in [7, 11) is 0. The van der Waals surface area contributed by atoms with Crippen molar-refractivity contribution in [2.75, 3.05) is 0 Å². The van der Waals surface area contributed by atoms with E-state index in [0.717, 1.165) is 5.56 Å². The molecule has 0 fully saturated rings. The van der Waals surface area contributed by atoms with Crippen molar-refractivity contribution >= 4 is 23.5 Å². The average molecular weight is 312 g/mol. The molecule has 2 N–H and O–H groups in total. The van der Waals surface area contributed by atoms with Crippen LogP contribution in [0.2, 0.25) is 5.02 Å². The van der Waals surface area contributed by atoms with Crippen molar-refractivity contribution < 1.29 is 19.4 Å². The third kappa shape index (κ3) is 4.11. The van der Waals surface area contributed by atoms with E-state index in [2.05, 4.69) is 5.32 Å². The topological polar surface area (TPSA) is 75.6 Å². The molecule has 21 heavy (non-hydrogen) atoms. The number of hydrogen-bond donors (Lipinski definition) is 2. The zero-order chi connectivity index (χ0) is 15.6. The molecular weight excluding hydrogens is 294 g/mol. The number of ether oxygens (including phenoxy) is 1. The van der Waals surface area contributed by atoms with Gasteiger partial charge in [0.05, 0.1) is 0 Å². The number of rotatable bonds is 5. The Labute approximate surface area is 128 Å². The summed E-state index contributed by atoms with van der Waals surface area (Å²) in [5, 5.41) is 12.2. The van der Waals surface area contributed by atoms with Crippen LogP contribution in [0.25, 0.3) is 0 Å². The van der Waals surface area contributed by atoms with Gasteiger partial charge in [-0.1, -0.05) is 11.6 Å². The summed E-state index contributed by atoms with van der Waals surface area (Å²) in [6.07, 6.45) is 0.243. The molecular formula is C15H18ClNO4. The third-order valence-corrected chi connectivity index (χ3v) is 3.65. The molecule has 0 aliphatic carbocycles. The lowest BCUT2D eigenvalue weighted by Crippen LogP contribution is -2.49. The Balaban J connectivity index is 1.95. The molecule has 0 spiro atoms. The number of carbonyl (C=O) groups excluding carboxylic acids is 1. The summed E-state index contributed by atoms with van der Waals surface area (Å²) in [5.74, 6) is -0.447. The van der Waals surface area contributed by atoms with Crippen molar-refractivity contribution in [3.63, 3.8) is 0 Å². The highest BCUT2D eigenvalue weighted by Gasteiger charge is 2.32. The van der Waals surface area contributed by atoms with E-state index in [9.17, 15) is 9.59 Å². The van der Waals surface area contributed by atoms with Gasteiger partial charge in [-0.25, -0.2) is 0 Å². The maximum absolute atomic E-state index is 12.2. The molecule has 1 aromatic rings. The number of fused-ring (bicyclic) bond motifs is 1. The molecule has 1 amide bonds. The second-order valence-electron chi connectivity index (χ2n) is 5.83. The Morgan fingerprint density at radius 2 is 2.19 bits per heavy atom. The van der Waals surface area contributed by atoms with Gasteiger partial charge < -0.3 is 15.2 Å². The molecule has 1 aromatic carbocycles. The molecule has 1 aliphatic rings. The normalized spacial score (nSPS) is 17.0. The summed E-state index contributed by atoms with van der Waals surface area (Å²) in [5.41, 5.74) is 0.316. The van der Waals surface area contributed by atoms with Crippen LogP contribution in [-0.2, 0) is 16.0 Å². The van der Waals surface area contributed by atoms with E-state index in [1.54, 1.807) is 32.0 Å². The first-order valence-electron chi connectivity index (χ1n) is 6.76. The van der Waals surface area contributed by atoms with Gasteiger partial charge in [-0.2, -0.15) is 0 Å². The van der Waals surface area contributed by atoms with Crippen molar-refractivity contribution in [2.45, 2.75) is 44.8 Å². The number of amides is 1. The lowest BCUT2D eigenvalue weighted by atomic mass is 9.97. The molecule has 0 bridgehead atoms. The fourth-order valence-electron chi connectivity index (χ4n) is 2.26. The van der Waals surface area contributed by atoms with Gasteiger partial charge in [0.2, 0.25) is 0 Å². The number of nitrogens with one attached hydrogen (secondary N) is 1. The van der Waals surface area contributed by atoms with Crippen molar-refractivity contribution in [3.8, 4) is 5.75 Å². The van der Waals surface area contributed by atoms with Crippen LogP contribution in [-0.4, -0.2) is 28.6 Å². The van der Waals surface area contributed by atoms with Crippen LogP contribution in [0.3, 0.4) is 0 Å². The summed E-state index contributed by atoms with van der Waals surface area (Å²) < 4.78 is 5.61. The Bertz CT molecular complexity index is 571. The van der Waals surface area contributed by atoms with E-state index in [-0.39, 0.29) is 12.3 Å². The number of carboxylic acid groups (broad SMARTS) is 1. The standard InChI is InChI=1S/C15H18ClNO4/c1-15(2,6-5-13(18)19)17-14(20)12-8-9-7-10(16)3-4-11(9)21-12/h3-4,7,12H,5-6,8H2,1-2H3,(H,17,20)(H,18,19). The summed E-state index contributed by atoms with van der Waals surface area (Å²) >= 11 is 5.92. The number of aliphatic carboxylic acids is 1. The van der Waals surface area contributed by atoms with Gasteiger partial charge in [0.25, 0.3) is 5.91 Å². The fraction of sp³-hybridized carbons (Fsp3) is 0.467. The van der Waals surface area contributed by atoms with Gasteiger partial charge in [-0.3, -0.25) is 9.59 Å². The van der Waals surface area contributed by atoms with Crippen LogP contribution in [0, 0.1) is 0 Å². The van der Waals surface area contributed by atoms with Gasteiger partial charge in [-0.15, -0.1) is 0 Å². The molecule has 1 heterocycles. The number of carbonyl (C=O) groups is 2. The molecule has 0 radical (unpaired) electrons. The van der Waals surface area contributed by atoms with Gasteiger partial charge >= 0.3 is 5.97 Å². The first-order valence-corrected chi connectivity index (χ1v) is 7.13. The smallest absolute Gasteiger partial charge is 0.303 e. The second-order valence-corrected chi connectivity index (χ2v) is 6.27. The molecule has 0 saturated carbocycles. The Hall–Kier alpha value is -1.75. The average Bonchev–Trinajstić information content (AvgIpc) is 2.79. The first kappa shape index (κ1) is 15.6. The van der Waals surface area contributed by atoms with Crippen LogP contribution in [0.15, 0.2) is 18.2 Å². The molecule has 5 nitrogen and oxygen atoms in total. The molecule has 1 atom stereocenters. The van der Waals surface area contributed by atoms with Gasteiger partial charge in [0.1, 0.15) is 5.75 Å². The van der Waals surface area contributed by atoms with Crippen LogP contribution >= 0.6 is 11.6 Å². The predicted octanol–water partition coefficient (Wildman–Crippen LogP) is 2.40. The van der Waals surface area contributed by atoms with Crippen LogP contribution in [0.5, 0.6) is 5.75 Å². The molecule has 2 rings (SSSR count). The molecule has 0 saturated heterocycles. The van der Waals surface area contributed by atoms with Gasteiger partial charge in [-0.05, 0) is 44.0 Å². The van der Waals surface area contributed by atoms with Gasteiger partial charge in [0.15, 0.2) is 6.10 Å². The monoisotopic (exact) mass is 311 g/mol. The largest absolute Gasteiger partial charge is 0.481 e. The minimum atomic E-state index is -0.878. The van der Waals surface area contributed by atoms with E-state index in [1.807, 2.05) is 0 Å². The highest BCUT2D eigenvalue weighted by Crippen LogP contribution is 2.31. The maximum atomic E-state index is 12.2. The predicted molar refractivity (Wildman–Crippen MR) is 78.7 cm³/mol. The Morgan fingerprint density at radius 3 is 2.86 bits per heavy atom. The van der Waals surface area contributed by atoms with E-state index < -0.39 is 17.6 Å². The lowest BCUT2D eigenvalue weighted by molar-refractivity contribution is -0.138. The van der Waals surface area contributed by atoms with Crippen LogP contribution in [0.1, 0.15) is 32.3 Å². The summed E-state index contributed by atoms with van der Waals surface area (Å²) in [6.45, 7) is 3.60. The first-order chi connectivity index (χ1) is 9.77.